The van der Waals surface area contributed by atoms with E-state index in [9.17, 15) is 0 Å². The molecule has 0 atom stereocenters. The Hall–Kier alpha value is -2.04. The Labute approximate surface area is 92.2 Å². The monoisotopic (exact) mass is 217 g/mol. The topological polar surface area (TPSA) is 70.3 Å². The summed E-state index contributed by atoms with van der Waals surface area (Å²) in [5.41, 5.74) is 6.57. The van der Waals surface area contributed by atoms with Gasteiger partial charge in [-0.25, -0.2) is 9.97 Å². The van der Waals surface area contributed by atoms with Crippen molar-refractivity contribution in [2.75, 3.05) is 18.9 Å². The summed E-state index contributed by atoms with van der Waals surface area (Å²) in [5.74, 6) is 2.49. The Morgan fingerprint density at radius 3 is 2.88 bits per heavy atom. The molecule has 1 aromatic carbocycles. The van der Waals surface area contributed by atoms with Crippen molar-refractivity contribution in [2.45, 2.75) is 6.92 Å². The van der Waals surface area contributed by atoms with Gasteiger partial charge in [-0.15, -0.1) is 0 Å². The fourth-order valence-electron chi connectivity index (χ4n) is 1.84. The van der Waals surface area contributed by atoms with E-state index in [-0.39, 0.29) is 0 Å². The van der Waals surface area contributed by atoms with Crippen LogP contribution in [0.2, 0.25) is 0 Å². The molecule has 5 nitrogen and oxygen atoms in total. The lowest BCUT2D eigenvalue weighted by Gasteiger charge is -2.19. The summed E-state index contributed by atoms with van der Waals surface area (Å²) in [6.45, 7) is 2.91. The lowest BCUT2D eigenvalue weighted by molar-refractivity contribution is 0.173. The van der Waals surface area contributed by atoms with Crippen LogP contribution in [0.25, 0.3) is 10.9 Å². The van der Waals surface area contributed by atoms with Crippen LogP contribution >= 0.6 is 0 Å². The zero-order chi connectivity index (χ0) is 11.1. The van der Waals surface area contributed by atoms with E-state index in [1.165, 1.54) is 0 Å². The molecular weight excluding hydrogens is 206 g/mol. The Morgan fingerprint density at radius 2 is 2.00 bits per heavy atom. The van der Waals surface area contributed by atoms with Crippen molar-refractivity contribution >= 4 is 16.7 Å². The van der Waals surface area contributed by atoms with E-state index in [0.29, 0.717) is 30.6 Å². The molecule has 16 heavy (non-hydrogen) atoms. The zero-order valence-electron chi connectivity index (χ0n) is 8.86. The third-order valence-corrected chi connectivity index (χ3v) is 2.51. The van der Waals surface area contributed by atoms with Gasteiger partial charge in [0.25, 0.3) is 0 Å². The number of hydrogen-bond acceptors (Lipinski definition) is 5. The fourth-order valence-corrected chi connectivity index (χ4v) is 1.84. The van der Waals surface area contributed by atoms with E-state index in [1.807, 2.05) is 12.1 Å². The van der Waals surface area contributed by atoms with Gasteiger partial charge in [-0.05, 0) is 19.1 Å². The maximum Gasteiger partial charge on any atom is 0.187 e. The van der Waals surface area contributed by atoms with Crippen LogP contribution in [0.3, 0.4) is 0 Å². The highest BCUT2D eigenvalue weighted by molar-refractivity contribution is 5.94. The summed E-state index contributed by atoms with van der Waals surface area (Å²) in [4.78, 5) is 8.47. The molecule has 0 fully saturated rings. The highest BCUT2D eigenvalue weighted by atomic mass is 16.6. The second-order valence-corrected chi connectivity index (χ2v) is 3.64. The predicted molar refractivity (Wildman–Crippen MR) is 59.7 cm³/mol. The number of benzene rings is 1. The van der Waals surface area contributed by atoms with Gasteiger partial charge in [-0.2, -0.15) is 0 Å². The van der Waals surface area contributed by atoms with Crippen molar-refractivity contribution in [3.05, 3.63) is 18.0 Å². The van der Waals surface area contributed by atoms with Crippen LogP contribution in [0.5, 0.6) is 11.5 Å². The molecule has 1 aliphatic heterocycles. The lowest BCUT2D eigenvalue weighted by atomic mass is 10.2. The second kappa shape index (κ2) is 3.23. The summed E-state index contributed by atoms with van der Waals surface area (Å²) in [6, 6.07) is 3.70. The smallest absolute Gasteiger partial charge is 0.187 e. The Bertz CT molecular complexity index is 569. The van der Waals surface area contributed by atoms with E-state index < -0.39 is 0 Å². The molecule has 0 saturated heterocycles. The minimum atomic E-state index is 0.472. The number of nitrogens with zero attached hydrogens (tertiary/aromatic N) is 2. The average molecular weight is 217 g/mol. The first-order valence-electron chi connectivity index (χ1n) is 5.08. The number of hydrogen-bond donors (Lipinski definition) is 1. The molecule has 0 saturated carbocycles. The first-order chi connectivity index (χ1) is 7.75. The maximum atomic E-state index is 5.84. The van der Waals surface area contributed by atoms with E-state index in [2.05, 4.69) is 9.97 Å². The minimum absolute atomic E-state index is 0.472. The quantitative estimate of drug-likeness (QED) is 0.720. The number of ether oxygens (including phenoxy) is 2. The predicted octanol–water partition coefficient (Wildman–Crippen LogP) is 1.29. The molecule has 82 valence electrons. The van der Waals surface area contributed by atoms with E-state index in [1.54, 1.807) is 6.92 Å². The fraction of sp³-hybridized carbons (Fsp3) is 0.273. The molecule has 3 rings (SSSR count). The normalized spacial score (nSPS) is 14.1. The molecule has 5 heteroatoms. The van der Waals surface area contributed by atoms with Crippen molar-refractivity contribution in [1.82, 2.24) is 9.97 Å². The van der Waals surface area contributed by atoms with Gasteiger partial charge in [-0.1, -0.05) is 0 Å². The van der Waals surface area contributed by atoms with Crippen LogP contribution in [0.4, 0.5) is 5.82 Å². The third-order valence-electron chi connectivity index (χ3n) is 2.51. The Balaban J connectivity index is 2.38. The van der Waals surface area contributed by atoms with Gasteiger partial charge in [-0.3, -0.25) is 0 Å². The van der Waals surface area contributed by atoms with Gasteiger partial charge >= 0.3 is 0 Å². The SMILES string of the molecule is Cc1nc(N)c2ccc3c(c2n1)OCCO3. The van der Waals surface area contributed by atoms with Crippen molar-refractivity contribution in [3.8, 4) is 11.5 Å². The molecular formula is C11H11N3O2. The molecule has 1 aliphatic rings. The van der Waals surface area contributed by atoms with Crippen molar-refractivity contribution < 1.29 is 9.47 Å². The minimum Gasteiger partial charge on any atom is -0.486 e. The molecule has 2 N–H and O–H groups in total. The van der Waals surface area contributed by atoms with Crippen LogP contribution in [-0.4, -0.2) is 23.2 Å². The summed E-state index contributed by atoms with van der Waals surface area (Å²) >= 11 is 0. The van der Waals surface area contributed by atoms with Crippen LogP contribution < -0.4 is 15.2 Å². The van der Waals surface area contributed by atoms with Crippen LogP contribution in [0.15, 0.2) is 12.1 Å². The maximum absolute atomic E-state index is 5.84. The van der Waals surface area contributed by atoms with Crippen molar-refractivity contribution in [3.63, 3.8) is 0 Å². The average Bonchev–Trinajstić information content (AvgIpc) is 2.28. The third kappa shape index (κ3) is 1.25. The summed E-state index contributed by atoms with van der Waals surface area (Å²) < 4.78 is 11.1. The number of aryl methyl sites for hydroxylation is 1. The van der Waals surface area contributed by atoms with Gasteiger partial charge in [0, 0.05) is 5.39 Å². The number of rotatable bonds is 0. The molecule has 0 amide bonds. The molecule has 2 heterocycles. The second-order valence-electron chi connectivity index (χ2n) is 3.64. The first kappa shape index (κ1) is 9.21. The molecule has 0 bridgehead atoms. The number of nitrogens with two attached hydrogens (primary N) is 1. The number of anilines is 1. The summed E-state index contributed by atoms with van der Waals surface area (Å²) in [7, 11) is 0. The van der Waals surface area contributed by atoms with Crippen LogP contribution in [0.1, 0.15) is 5.82 Å². The van der Waals surface area contributed by atoms with Gasteiger partial charge in [0.05, 0.1) is 0 Å². The van der Waals surface area contributed by atoms with E-state index in [0.717, 1.165) is 16.7 Å². The van der Waals surface area contributed by atoms with E-state index in [4.69, 9.17) is 15.2 Å². The molecule has 0 unspecified atom stereocenters. The summed E-state index contributed by atoms with van der Waals surface area (Å²) in [6.07, 6.45) is 0. The van der Waals surface area contributed by atoms with Crippen LogP contribution in [-0.2, 0) is 0 Å². The molecule has 2 aromatic rings. The zero-order valence-corrected chi connectivity index (χ0v) is 8.86. The highest BCUT2D eigenvalue weighted by Gasteiger charge is 2.17. The largest absolute Gasteiger partial charge is 0.486 e. The van der Waals surface area contributed by atoms with Crippen molar-refractivity contribution in [2.24, 2.45) is 0 Å². The number of nitrogen functional groups attached to an aromatic ring is 1. The van der Waals surface area contributed by atoms with Gasteiger partial charge < -0.3 is 15.2 Å². The van der Waals surface area contributed by atoms with Gasteiger partial charge in [0.2, 0.25) is 0 Å². The molecule has 0 spiro atoms. The molecule has 1 aromatic heterocycles. The molecule has 0 aliphatic carbocycles. The number of aromatic nitrogens is 2. The van der Waals surface area contributed by atoms with Crippen molar-refractivity contribution in [1.29, 1.82) is 0 Å². The number of fused-ring (bicyclic) bond motifs is 3. The first-order valence-corrected chi connectivity index (χ1v) is 5.08. The Morgan fingerprint density at radius 1 is 1.19 bits per heavy atom. The standard InChI is InChI=1S/C11H11N3O2/c1-6-13-9-7(11(12)14-6)2-3-8-10(9)16-5-4-15-8/h2-3H,4-5H2,1H3,(H2,12,13,14). The van der Waals surface area contributed by atoms with Gasteiger partial charge in [0.15, 0.2) is 11.5 Å². The molecule has 0 radical (unpaired) electrons. The van der Waals surface area contributed by atoms with Gasteiger partial charge in [0.1, 0.15) is 30.4 Å². The summed E-state index contributed by atoms with van der Waals surface area (Å²) in [5, 5.41) is 0.801. The Kier molecular flexibility index (Phi) is 1.86. The lowest BCUT2D eigenvalue weighted by Crippen LogP contribution is -2.16. The highest BCUT2D eigenvalue weighted by Crippen LogP contribution is 2.37. The van der Waals surface area contributed by atoms with E-state index >= 15 is 0 Å². The van der Waals surface area contributed by atoms with Crippen LogP contribution in [0, 0.1) is 6.92 Å².